The lowest BCUT2D eigenvalue weighted by Gasteiger charge is -2.18. The summed E-state index contributed by atoms with van der Waals surface area (Å²) in [5.41, 5.74) is 2.91. The molecule has 142 valence electrons. The molecule has 0 bridgehead atoms. The van der Waals surface area contributed by atoms with Gasteiger partial charge in [-0.05, 0) is 38.1 Å². The van der Waals surface area contributed by atoms with E-state index in [-0.39, 0.29) is 13.0 Å². The fourth-order valence-corrected chi connectivity index (χ4v) is 2.79. The maximum absolute atomic E-state index is 12.3. The van der Waals surface area contributed by atoms with Crippen LogP contribution in [-0.2, 0) is 14.2 Å². The summed E-state index contributed by atoms with van der Waals surface area (Å²) in [6, 6.07) is 14.0. The molecule has 27 heavy (non-hydrogen) atoms. The fourth-order valence-electron chi connectivity index (χ4n) is 2.79. The van der Waals surface area contributed by atoms with E-state index < -0.39 is 30.4 Å². The van der Waals surface area contributed by atoms with Gasteiger partial charge in [0.05, 0.1) is 11.1 Å². The maximum atomic E-state index is 12.3. The van der Waals surface area contributed by atoms with Gasteiger partial charge in [-0.3, -0.25) is 0 Å². The Morgan fingerprint density at radius 3 is 2.04 bits per heavy atom. The smallest absolute Gasteiger partial charge is 0.338 e. The predicted molar refractivity (Wildman–Crippen MR) is 97.3 cm³/mol. The van der Waals surface area contributed by atoms with Crippen molar-refractivity contribution >= 4 is 11.9 Å². The van der Waals surface area contributed by atoms with Crippen molar-refractivity contribution in [2.24, 2.45) is 0 Å². The standard InChI is InChI=1S/C21H22O6/c1-13-3-7-15(8-4-13)20(23)25-12-18-17(11-19(22)26-18)27-21(24)16-9-5-14(2)6-10-16/h3-10,17-19,22H,11-12H2,1-2H3/t17-,18-,19+/m0/s1. The van der Waals surface area contributed by atoms with Crippen molar-refractivity contribution in [2.45, 2.75) is 38.8 Å². The number of aliphatic hydroxyl groups is 1. The second-order valence-electron chi connectivity index (χ2n) is 6.64. The molecule has 1 saturated heterocycles. The van der Waals surface area contributed by atoms with Gasteiger partial charge in [-0.2, -0.15) is 0 Å². The van der Waals surface area contributed by atoms with Gasteiger partial charge in [0, 0.05) is 6.42 Å². The van der Waals surface area contributed by atoms with Crippen LogP contribution in [0.1, 0.15) is 38.3 Å². The van der Waals surface area contributed by atoms with Crippen LogP contribution in [0.4, 0.5) is 0 Å². The molecule has 0 aromatic heterocycles. The molecule has 6 heteroatoms. The number of benzene rings is 2. The Morgan fingerprint density at radius 2 is 1.48 bits per heavy atom. The van der Waals surface area contributed by atoms with Crippen molar-refractivity contribution in [1.29, 1.82) is 0 Å². The van der Waals surface area contributed by atoms with Gasteiger partial charge in [0.25, 0.3) is 0 Å². The van der Waals surface area contributed by atoms with E-state index in [1.807, 2.05) is 38.1 Å². The number of carbonyl (C=O) groups is 2. The van der Waals surface area contributed by atoms with Gasteiger partial charge in [0.2, 0.25) is 0 Å². The first-order valence-corrected chi connectivity index (χ1v) is 8.77. The topological polar surface area (TPSA) is 82.1 Å². The molecule has 6 nitrogen and oxygen atoms in total. The highest BCUT2D eigenvalue weighted by atomic mass is 16.7. The zero-order valence-corrected chi connectivity index (χ0v) is 15.3. The van der Waals surface area contributed by atoms with Gasteiger partial charge in [-0.1, -0.05) is 35.4 Å². The quantitative estimate of drug-likeness (QED) is 0.815. The second-order valence-corrected chi connectivity index (χ2v) is 6.64. The number of hydrogen-bond acceptors (Lipinski definition) is 6. The normalized spacial score (nSPS) is 21.7. The summed E-state index contributed by atoms with van der Waals surface area (Å²) >= 11 is 0. The molecule has 1 aliphatic heterocycles. The van der Waals surface area contributed by atoms with Crippen LogP contribution >= 0.6 is 0 Å². The molecule has 0 radical (unpaired) electrons. The van der Waals surface area contributed by atoms with Crippen molar-refractivity contribution in [1.82, 2.24) is 0 Å². The lowest BCUT2D eigenvalue weighted by atomic mass is 10.1. The van der Waals surface area contributed by atoms with Crippen LogP contribution in [0.5, 0.6) is 0 Å². The van der Waals surface area contributed by atoms with Crippen LogP contribution in [0.15, 0.2) is 48.5 Å². The molecule has 0 unspecified atom stereocenters. The lowest BCUT2D eigenvalue weighted by molar-refractivity contribution is -0.110. The maximum Gasteiger partial charge on any atom is 0.338 e. The lowest BCUT2D eigenvalue weighted by Crippen LogP contribution is -2.32. The molecule has 1 fully saturated rings. The molecule has 0 aliphatic carbocycles. The van der Waals surface area contributed by atoms with Crippen LogP contribution in [-0.4, -0.2) is 42.1 Å². The number of hydrogen-bond donors (Lipinski definition) is 1. The van der Waals surface area contributed by atoms with E-state index in [1.165, 1.54) is 0 Å². The van der Waals surface area contributed by atoms with Gasteiger partial charge in [-0.25, -0.2) is 9.59 Å². The molecule has 3 atom stereocenters. The molecule has 1 aliphatic rings. The van der Waals surface area contributed by atoms with Crippen molar-refractivity contribution in [3.05, 3.63) is 70.8 Å². The first kappa shape index (κ1) is 19.1. The molecule has 2 aromatic rings. The minimum Gasteiger partial charge on any atom is -0.459 e. The average Bonchev–Trinajstić information content (AvgIpc) is 3.00. The van der Waals surface area contributed by atoms with Gasteiger partial charge in [0.1, 0.15) is 18.8 Å². The third-order valence-electron chi connectivity index (χ3n) is 4.39. The average molecular weight is 370 g/mol. The Balaban J connectivity index is 1.58. The van der Waals surface area contributed by atoms with Gasteiger partial charge >= 0.3 is 11.9 Å². The Labute approximate surface area is 157 Å². The van der Waals surface area contributed by atoms with E-state index >= 15 is 0 Å². The van der Waals surface area contributed by atoms with Gasteiger partial charge in [-0.15, -0.1) is 0 Å². The molecular formula is C21H22O6. The van der Waals surface area contributed by atoms with Crippen LogP contribution in [0, 0.1) is 13.8 Å². The predicted octanol–water partition coefficient (Wildman–Crippen LogP) is 2.79. The Bertz CT molecular complexity index is 796. The van der Waals surface area contributed by atoms with E-state index in [4.69, 9.17) is 14.2 Å². The van der Waals surface area contributed by atoms with E-state index in [2.05, 4.69) is 0 Å². The highest BCUT2D eigenvalue weighted by Crippen LogP contribution is 2.24. The largest absolute Gasteiger partial charge is 0.459 e. The first-order valence-electron chi connectivity index (χ1n) is 8.77. The number of aliphatic hydroxyl groups excluding tert-OH is 1. The van der Waals surface area contributed by atoms with Gasteiger partial charge in [0.15, 0.2) is 6.29 Å². The summed E-state index contributed by atoms with van der Waals surface area (Å²) in [7, 11) is 0. The van der Waals surface area contributed by atoms with Crippen LogP contribution in [0.25, 0.3) is 0 Å². The minimum atomic E-state index is -1.07. The van der Waals surface area contributed by atoms with E-state index in [9.17, 15) is 14.7 Å². The first-order chi connectivity index (χ1) is 12.9. The summed E-state index contributed by atoms with van der Waals surface area (Å²) < 4.78 is 16.1. The fraction of sp³-hybridized carbons (Fsp3) is 0.333. The second kappa shape index (κ2) is 8.33. The summed E-state index contributed by atoms with van der Waals surface area (Å²) in [6.45, 7) is 3.74. The third-order valence-corrected chi connectivity index (χ3v) is 4.39. The van der Waals surface area contributed by atoms with E-state index in [1.54, 1.807) is 24.3 Å². The molecule has 1 N–H and O–H groups in total. The molecule has 1 heterocycles. The molecule has 3 rings (SSSR count). The van der Waals surface area contributed by atoms with Crippen LogP contribution in [0.3, 0.4) is 0 Å². The SMILES string of the molecule is Cc1ccc(C(=O)OC[C@@H]2O[C@@H](O)C[C@@H]2OC(=O)c2ccc(C)cc2)cc1. The third kappa shape index (κ3) is 4.93. The van der Waals surface area contributed by atoms with E-state index in [0.717, 1.165) is 11.1 Å². The Kier molecular flexibility index (Phi) is 5.88. The summed E-state index contributed by atoms with van der Waals surface area (Å²) in [6.07, 6.45) is -2.35. The molecular weight excluding hydrogens is 348 g/mol. The summed E-state index contributed by atoms with van der Waals surface area (Å²) in [5.74, 6) is -1.00. The number of aryl methyl sites for hydroxylation is 2. The number of rotatable bonds is 5. The van der Waals surface area contributed by atoms with Crippen LogP contribution in [0.2, 0.25) is 0 Å². The van der Waals surface area contributed by atoms with Crippen molar-refractivity contribution < 1.29 is 28.9 Å². The molecule has 2 aromatic carbocycles. The van der Waals surface area contributed by atoms with Gasteiger partial charge < -0.3 is 19.3 Å². The summed E-state index contributed by atoms with van der Waals surface area (Å²) in [4.78, 5) is 24.4. The zero-order valence-electron chi connectivity index (χ0n) is 15.3. The minimum absolute atomic E-state index is 0.115. The van der Waals surface area contributed by atoms with Crippen molar-refractivity contribution in [3.8, 4) is 0 Å². The number of carbonyl (C=O) groups excluding carboxylic acids is 2. The molecule has 0 spiro atoms. The molecule has 0 saturated carbocycles. The number of esters is 2. The van der Waals surface area contributed by atoms with Crippen molar-refractivity contribution in [3.63, 3.8) is 0 Å². The summed E-state index contributed by atoms with van der Waals surface area (Å²) in [5, 5.41) is 9.75. The zero-order chi connectivity index (χ0) is 19.4. The monoisotopic (exact) mass is 370 g/mol. The Hall–Kier alpha value is -2.70. The van der Waals surface area contributed by atoms with E-state index in [0.29, 0.717) is 11.1 Å². The highest BCUT2D eigenvalue weighted by Gasteiger charge is 2.38. The van der Waals surface area contributed by atoms with Crippen LogP contribution < -0.4 is 0 Å². The number of ether oxygens (including phenoxy) is 3. The molecule has 0 amide bonds. The highest BCUT2D eigenvalue weighted by molar-refractivity contribution is 5.90. The Morgan fingerprint density at radius 1 is 0.963 bits per heavy atom. The van der Waals surface area contributed by atoms with Crippen molar-refractivity contribution in [2.75, 3.05) is 6.61 Å².